The average molecular weight is 350 g/mol. The van der Waals surface area contributed by atoms with E-state index in [0.717, 1.165) is 28.3 Å². The van der Waals surface area contributed by atoms with Crippen molar-refractivity contribution in [1.29, 1.82) is 0 Å². The van der Waals surface area contributed by atoms with Gasteiger partial charge in [-0.2, -0.15) is 0 Å². The van der Waals surface area contributed by atoms with Gasteiger partial charge >= 0.3 is 0 Å². The Morgan fingerprint density at radius 1 is 1.19 bits per heavy atom. The van der Waals surface area contributed by atoms with Crippen LogP contribution in [0.3, 0.4) is 0 Å². The lowest BCUT2D eigenvalue weighted by atomic mass is 10.1. The van der Waals surface area contributed by atoms with Crippen LogP contribution in [0.25, 0.3) is 0 Å². The van der Waals surface area contributed by atoms with Crippen LogP contribution in [0.2, 0.25) is 0 Å². The topological polar surface area (TPSA) is 80.1 Å². The summed E-state index contributed by atoms with van der Waals surface area (Å²) in [6.07, 6.45) is 1.62. The molecule has 0 saturated carbocycles. The highest BCUT2D eigenvalue weighted by Crippen LogP contribution is 2.25. The predicted octanol–water partition coefficient (Wildman–Crippen LogP) is 3.79. The molecule has 0 bridgehead atoms. The number of rotatable bonds is 6. The highest BCUT2D eigenvalue weighted by Gasteiger charge is 2.17. The van der Waals surface area contributed by atoms with Crippen molar-refractivity contribution in [2.45, 2.75) is 33.4 Å². The summed E-state index contributed by atoms with van der Waals surface area (Å²) in [5.74, 6) is 0.583. The van der Waals surface area contributed by atoms with E-state index in [1.165, 1.54) is 0 Å². The van der Waals surface area contributed by atoms with Gasteiger partial charge in [-0.05, 0) is 38.5 Å². The van der Waals surface area contributed by atoms with Gasteiger partial charge in [0.1, 0.15) is 11.5 Å². The standard InChI is InChI=1S/C20H22N4O2/c1-13(19-14(2)24-26-15(19)3)23-17-9-10-21-18(11-17)20(25)22-12-16-7-5-4-6-8-16/h4-11,13H,12H2,1-3H3,(H,21,23)(H,22,25). The molecule has 26 heavy (non-hydrogen) atoms. The number of aryl methyl sites for hydroxylation is 2. The first-order valence-electron chi connectivity index (χ1n) is 8.52. The van der Waals surface area contributed by atoms with Crippen molar-refractivity contribution in [3.63, 3.8) is 0 Å². The lowest BCUT2D eigenvalue weighted by Crippen LogP contribution is -2.24. The maximum absolute atomic E-state index is 12.4. The summed E-state index contributed by atoms with van der Waals surface area (Å²) in [6.45, 7) is 6.30. The molecule has 0 radical (unpaired) electrons. The monoisotopic (exact) mass is 350 g/mol. The third kappa shape index (κ3) is 4.08. The zero-order valence-corrected chi connectivity index (χ0v) is 15.1. The second-order valence-corrected chi connectivity index (χ2v) is 6.20. The number of carbonyl (C=O) groups is 1. The minimum atomic E-state index is -0.206. The summed E-state index contributed by atoms with van der Waals surface area (Å²) < 4.78 is 5.22. The van der Waals surface area contributed by atoms with Gasteiger partial charge in [-0.15, -0.1) is 0 Å². The maximum atomic E-state index is 12.4. The van der Waals surface area contributed by atoms with Crippen molar-refractivity contribution in [3.05, 3.63) is 76.9 Å². The molecule has 134 valence electrons. The number of carbonyl (C=O) groups excluding carboxylic acids is 1. The van der Waals surface area contributed by atoms with Gasteiger partial charge in [0.05, 0.1) is 11.7 Å². The number of pyridine rings is 1. The second kappa shape index (κ2) is 7.82. The molecular formula is C20H22N4O2. The number of hydrogen-bond donors (Lipinski definition) is 2. The van der Waals surface area contributed by atoms with Crippen molar-refractivity contribution in [2.24, 2.45) is 0 Å². The van der Waals surface area contributed by atoms with Crippen molar-refractivity contribution >= 4 is 11.6 Å². The molecular weight excluding hydrogens is 328 g/mol. The van der Waals surface area contributed by atoms with Crippen molar-refractivity contribution in [1.82, 2.24) is 15.5 Å². The van der Waals surface area contributed by atoms with Crippen molar-refractivity contribution in [3.8, 4) is 0 Å². The summed E-state index contributed by atoms with van der Waals surface area (Å²) in [4.78, 5) is 16.5. The van der Waals surface area contributed by atoms with Gasteiger partial charge in [0.15, 0.2) is 0 Å². The first-order valence-corrected chi connectivity index (χ1v) is 8.52. The highest BCUT2D eigenvalue weighted by atomic mass is 16.5. The van der Waals surface area contributed by atoms with Gasteiger partial charge in [0.2, 0.25) is 0 Å². The van der Waals surface area contributed by atoms with E-state index in [4.69, 9.17) is 4.52 Å². The van der Waals surface area contributed by atoms with Gasteiger partial charge in [0.25, 0.3) is 5.91 Å². The van der Waals surface area contributed by atoms with Crippen LogP contribution in [0, 0.1) is 13.8 Å². The molecule has 2 N–H and O–H groups in total. The van der Waals surface area contributed by atoms with Crippen LogP contribution in [-0.2, 0) is 6.54 Å². The Labute approximate surface area is 152 Å². The molecule has 1 amide bonds. The first kappa shape index (κ1) is 17.7. The van der Waals surface area contributed by atoms with E-state index in [2.05, 4.69) is 20.8 Å². The molecule has 2 heterocycles. The Hall–Kier alpha value is -3.15. The molecule has 6 heteroatoms. The zero-order chi connectivity index (χ0) is 18.5. The molecule has 2 aromatic heterocycles. The van der Waals surface area contributed by atoms with Crippen molar-refractivity contribution in [2.75, 3.05) is 5.32 Å². The lowest BCUT2D eigenvalue weighted by molar-refractivity contribution is 0.0946. The smallest absolute Gasteiger partial charge is 0.270 e. The van der Waals surface area contributed by atoms with E-state index >= 15 is 0 Å². The third-order valence-corrected chi connectivity index (χ3v) is 4.19. The number of aromatic nitrogens is 2. The van der Waals surface area contributed by atoms with E-state index in [1.807, 2.05) is 57.2 Å². The minimum absolute atomic E-state index is 0.00359. The Bertz CT molecular complexity index is 870. The fraction of sp³-hybridized carbons (Fsp3) is 0.250. The summed E-state index contributed by atoms with van der Waals surface area (Å²) in [6, 6.07) is 13.4. The Kier molecular flexibility index (Phi) is 5.31. The molecule has 1 atom stereocenters. The summed E-state index contributed by atoms with van der Waals surface area (Å²) in [7, 11) is 0. The van der Waals surface area contributed by atoms with E-state index in [-0.39, 0.29) is 11.9 Å². The van der Waals surface area contributed by atoms with E-state index < -0.39 is 0 Å². The van der Waals surface area contributed by atoms with Crippen molar-refractivity contribution < 1.29 is 9.32 Å². The molecule has 3 rings (SSSR count). The molecule has 3 aromatic rings. The number of benzene rings is 1. The van der Waals surface area contributed by atoms with Crippen LogP contribution >= 0.6 is 0 Å². The fourth-order valence-electron chi connectivity index (χ4n) is 2.94. The molecule has 6 nitrogen and oxygen atoms in total. The number of hydrogen-bond acceptors (Lipinski definition) is 5. The third-order valence-electron chi connectivity index (χ3n) is 4.19. The van der Waals surface area contributed by atoms with Crippen LogP contribution < -0.4 is 10.6 Å². The van der Waals surface area contributed by atoms with Gasteiger partial charge in [-0.1, -0.05) is 35.5 Å². The predicted molar refractivity (Wildman–Crippen MR) is 99.9 cm³/mol. The van der Waals surface area contributed by atoms with Crippen LogP contribution in [0.1, 0.15) is 46.0 Å². The largest absolute Gasteiger partial charge is 0.378 e. The number of nitrogens with one attached hydrogen (secondary N) is 2. The van der Waals surface area contributed by atoms with Crippen LogP contribution in [0.4, 0.5) is 5.69 Å². The van der Waals surface area contributed by atoms with E-state index in [1.54, 1.807) is 12.3 Å². The SMILES string of the molecule is Cc1noc(C)c1C(C)Nc1ccnc(C(=O)NCc2ccccc2)c1. The lowest BCUT2D eigenvalue weighted by Gasteiger charge is -2.15. The molecule has 0 aliphatic carbocycles. The Morgan fingerprint density at radius 2 is 1.96 bits per heavy atom. The Balaban J connectivity index is 1.67. The molecule has 0 aliphatic rings. The highest BCUT2D eigenvalue weighted by molar-refractivity contribution is 5.93. The normalized spacial score (nSPS) is 11.8. The average Bonchev–Trinajstić information content (AvgIpc) is 2.99. The van der Waals surface area contributed by atoms with E-state index in [0.29, 0.717) is 12.2 Å². The maximum Gasteiger partial charge on any atom is 0.270 e. The number of amides is 1. The molecule has 1 aromatic carbocycles. The molecule has 0 saturated heterocycles. The second-order valence-electron chi connectivity index (χ2n) is 6.20. The molecule has 0 fully saturated rings. The molecule has 1 unspecified atom stereocenters. The van der Waals surface area contributed by atoms with Gasteiger partial charge < -0.3 is 15.2 Å². The van der Waals surface area contributed by atoms with Gasteiger partial charge in [0, 0.05) is 24.0 Å². The van der Waals surface area contributed by atoms with E-state index in [9.17, 15) is 4.79 Å². The molecule has 0 aliphatic heterocycles. The summed E-state index contributed by atoms with van der Waals surface area (Å²) in [5, 5.41) is 10.2. The van der Waals surface area contributed by atoms with Gasteiger partial charge in [-0.3, -0.25) is 9.78 Å². The van der Waals surface area contributed by atoms with Gasteiger partial charge in [-0.25, -0.2) is 0 Å². The van der Waals surface area contributed by atoms with Crippen LogP contribution in [-0.4, -0.2) is 16.0 Å². The quantitative estimate of drug-likeness (QED) is 0.707. The summed E-state index contributed by atoms with van der Waals surface area (Å²) in [5.41, 5.74) is 4.12. The zero-order valence-electron chi connectivity index (χ0n) is 15.1. The number of nitrogens with zero attached hydrogens (tertiary/aromatic N) is 2. The first-order chi connectivity index (χ1) is 12.5. The van der Waals surface area contributed by atoms with Crippen LogP contribution in [0.5, 0.6) is 0 Å². The number of anilines is 1. The Morgan fingerprint density at radius 3 is 2.65 bits per heavy atom. The molecule has 0 spiro atoms. The van der Waals surface area contributed by atoms with Crippen LogP contribution in [0.15, 0.2) is 53.2 Å². The summed E-state index contributed by atoms with van der Waals surface area (Å²) >= 11 is 0. The fourth-order valence-corrected chi connectivity index (χ4v) is 2.94. The minimum Gasteiger partial charge on any atom is -0.378 e.